The molecule has 3 heterocycles. The summed E-state index contributed by atoms with van der Waals surface area (Å²) in [4.78, 5) is 13.5. The molecule has 338 valence electrons. The molecule has 0 N–H and O–H groups in total. The Morgan fingerprint density at radius 1 is 0.239 bits per heavy atom. The molecule has 0 bridgehead atoms. The van der Waals surface area contributed by atoms with Gasteiger partial charge in [0, 0.05) is 18.6 Å². The van der Waals surface area contributed by atoms with Crippen molar-refractivity contribution in [3.05, 3.63) is 298 Å². The maximum atomic E-state index is 4.58. The number of benzene rings is 9. The van der Waals surface area contributed by atoms with Crippen LogP contribution < -0.4 is 0 Å². The van der Waals surface area contributed by atoms with Gasteiger partial charge in [-0.05, 0) is 90.1 Å². The third kappa shape index (κ3) is 12.1. The normalized spacial score (nSPS) is 10.4. The molecule has 3 aromatic heterocycles. The van der Waals surface area contributed by atoms with Gasteiger partial charge < -0.3 is 15.0 Å². The second-order valence-corrected chi connectivity index (χ2v) is 16.6. The largest absolute Gasteiger partial charge is 3.00 e. The topological polar surface area (TPSA) is 38.7 Å². The molecule has 0 aliphatic rings. The first-order chi connectivity index (χ1) is 34.7. The summed E-state index contributed by atoms with van der Waals surface area (Å²) in [5, 5.41) is 2.36. The molecule has 0 saturated carbocycles. The van der Waals surface area contributed by atoms with Crippen LogP contribution in [0, 0.1) is 18.2 Å². The van der Waals surface area contributed by atoms with Crippen molar-refractivity contribution in [1.29, 1.82) is 0 Å². The van der Waals surface area contributed by atoms with Crippen molar-refractivity contribution in [2.75, 3.05) is 0 Å². The van der Waals surface area contributed by atoms with E-state index in [1.165, 1.54) is 49.9 Å². The first-order valence-corrected chi connectivity index (χ1v) is 23.3. The van der Waals surface area contributed by atoms with E-state index in [0.29, 0.717) is 0 Å². The molecule has 0 saturated heterocycles. The van der Waals surface area contributed by atoms with Gasteiger partial charge >= 0.3 is 20.1 Å². The molecule has 0 fully saturated rings. The summed E-state index contributed by atoms with van der Waals surface area (Å²) in [5.41, 5.74) is 17.9. The third-order valence-electron chi connectivity index (χ3n) is 12.0. The minimum absolute atomic E-state index is 0. The first kappa shape index (κ1) is 47.4. The van der Waals surface area contributed by atoms with E-state index in [-0.39, 0.29) is 20.1 Å². The number of aromatic nitrogens is 3. The van der Waals surface area contributed by atoms with E-state index in [4.69, 9.17) is 0 Å². The van der Waals surface area contributed by atoms with E-state index >= 15 is 0 Å². The number of hydrogen-bond acceptors (Lipinski definition) is 3. The quantitative estimate of drug-likeness (QED) is 0.142. The smallest absolute Gasteiger partial charge is 0.305 e. The third-order valence-corrected chi connectivity index (χ3v) is 12.0. The van der Waals surface area contributed by atoms with Crippen LogP contribution in [0.25, 0.3) is 100 Å². The number of rotatable bonds is 8. The Bertz CT molecular complexity index is 3390. The van der Waals surface area contributed by atoms with Crippen LogP contribution in [0.2, 0.25) is 0 Å². The Morgan fingerprint density at radius 3 is 1.07 bits per heavy atom. The van der Waals surface area contributed by atoms with Crippen molar-refractivity contribution >= 4 is 10.8 Å². The molecular formula is C67H46IrN3. The van der Waals surface area contributed by atoms with E-state index in [1.54, 1.807) is 0 Å². The molecule has 12 aromatic rings. The summed E-state index contributed by atoms with van der Waals surface area (Å²) < 4.78 is 0. The summed E-state index contributed by atoms with van der Waals surface area (Å²) in [5.74, 6) is 0. The summed E-state index contributed by atoms with van der Waals surface area (Å²) in [6, 6.07) is 99.1. The fraction of sp³-hybridized carbons (Fsp3) is 0. The molecule has 0 aliphatic heterocycles. The number of pyridine rings is 3. The zero-order valence-corrected chi connectivity index (χ0v) is 41.1. The Balaban J connectivity index is 0.000000131. The van der Waals surface area contributed by atoms with Gasteiger partial charge in [0.2, 0.25) is 0 Å². The molecule has 12 rings (SSSR count). The minimum Gasteiger partial charge on any atom is -0.305 e. The molecule has 0 aliphatic carbocycles. The van der Waals surface area contributed by atoms with Crippen molar-refractivity contribution < 1.29 is 20.1 Å². The molecule has 0 unspecified atom stereocenters. The van der Waals surface area contributed by atoms with Crippen LogP contribution in [0.5, 0.6) is 0 Å². The number of fused-ring (bicyclic) bond motifs is 1. The average Bonchev–Trinajstić information content (AvgIpc) is 3.47. The van der Waals surface area contributed by atoms with Gasteiger partial charge in [-0.25, -0.2) is 0 Å². The van der Waals surface area contributed by atoms with Crippen LogP contribution in [-0.4, -0.2) is 15.0 Å². The Kier molecular flexibility index (Phi) is 15.7. The van der Waals surface area contributed by atoms with Gasteiger partial charge in [-0.15, -0.1) is 107 Å². The van der Waals surface area contributed by atoms with Crippen LogP contribution in [0.3, 0.4) is 0 Å². The Hall–Kier alpha value is -8.66. The van der Waals surface area contributed by atoms with Gasteiger partial charge in [-0.2, -0.15) is 0 Å². The summed E-state index contributed by atoms with van der Waals surface area (Å²) in [6.07, 6.45) is 5.64. The van der Waals surface area contributed by atoms with E-state index in [9.17, 15) is 0 Å². The van der Waals surface area contributed by atoms with Gasteiger partial charge in [-0.1, -0.05) is 182 Å². The molecule has 0 amide bonds. The van der Waals surface area contributed by atoms with Gasteiger partial charge in [0.25, 0.3) is 0 Å². The average molecular weight is 1090 g/mol. The molecule has 0 spiro atoms. The van der Waals surface area contributed by atoms with Gasteiger partial charge in [-0.3, -0.25) is 0 Å². The number of nitrogens with zero attached hydrogens (tertiary/aromatic N) is 3. The van der Waals surface area contributed by atoms with Crippen LogP contribution in [0.4, 0.5) is 0 Å². The zero-order chi connectivity index (χ0) is 47.2. The van der Waals surface area contributed by atoms with Crippen molar-refractivity contribution in [2.45, 2.75) is 0 Å². The second kappa shape index (κ2) is 23.6. The minimum atomic E-state index is 0. The van der Waals surface area contributed by atoms with Crippen LogP contribution in [0.1, 0.15) is 0 Å². The van der Waals surface area contributed by atoms with Gasteiger partial charge in [0.15, 0.2) is 0 Å². The molecule has 71 heavy (non-hydrogen) atoms. The summed E-state index contributed by atoms with van der Waals surface area (Å²) >= 11 is 0. The monoisotopic (exact) mass is 1090 g/mol. The SMILES string of the molecule is [Ir+3].[c-]1ccc(-c2ccccc2)cc1-c1cc2ccccc2cn1.[c-]1ccccc1-c1cc(-c2ccc(-c3ccccc3)cc2)ccn1.[c-]1ccccc1-c1cc(-c2ccc(-c3ccccc3)cc2)ccn1. The fourth-order valence-electron chi connectivity index (χ4n) is 8.25. The van der Waals surface area contributed by atoms with E-state index in [0.717, 1.165) is 50.3 Å². The van der Waals surface area contributed by atoms with Crippen LogP contribution >= 0.6 is 0 Å². The van der Waals surface area contributed by atoms with E-state index < -0.39 is 0 Å². The van der Waals surface area contributed by atoms with E-state index in [2.05, 4.69) is 203 Å². The van der Waals surface area contributed by atoms with Gasteiger partial charge in [0.05, 0.1) is 0 Å². The summed E-state index contributed by atoms with van der Waals surface area (Å²) in [6.45, 7) is 0. The van der Waals surface area contributed by atoms with Crippen molar-refractivity contribution in [3.63, 3.8) is 0 Å². The standard InChI is InChI=1S/2C23H16N.C21H14N.Ir/c2*1-3-7-18(8-4-1)19-11-13-20(14-12-19)22-15-16-24-23(17-22)21-9-5-2-6-10-21;1-2-7-16(8-3-1)17-11-6-12-19(13-17)21-14-18-9-4-5-10-20(18)15-22-21;/h2*1-9,11-17H;1-11,13-15H;/q3*-1;+3. The van der Waals surface area contributed by atoms with E-state index in [1.807, 2.05) is 110 Å². The van der Waals surface area contributed by atoms with Crippen LogP contribution in [0.15, 0.2) is 279 Å². The maximum Gasteiger partial charge on any atom is 3.00 e. The predicted molar refractivity (Wildman–Crippen MR) is 290 cm³/mol. The zero-order valence-electron chi connectivity index (χ0n) is 38.7. The molecule has 4 heteroatoms. The molecular weight excluding hydrogens is 1040 g/mol. The van der Waals surface area contributed by atoms with Crippen molar-refractivity contribution in [2.24, 2.45) is 0 Å². The van der Waals surface area contributed by atoms with Gasteiger partial charge in [0.1, 0.15) is 0 Å². The molecule has 9 aromatic carbocycles. The molecule has 3 nitrogen and oxygen atoms in total. The van der Waals surface area contributed by atoms with Crippen LogP contribution in [-0.2, 0) is 20.1 Å². The Morgan fingerprint density at radius 2 is 0.606 bits per heavy atom. The van der Waals surface area contributed by atoms with Crippen molar-refractivity contribution in [3.8, 4) is 89.4 Å². The second-order valence-electron chi connectivity index (χ2n) is 16.6. The first-order valence-electron chi connectivity index (χ1n) is 23.3. The molecule has 0 radical (unpaired) electrons. The fourth-order valence-corrected chi connectivity index (χ4v) is 8.25. The number of hydrogen-bond donors (Lipinski definition) is 0. The Labute approximate surface area is 430 Å². The van der Waals surface area contributed by atoms with Crippen molar-refractivity contribution in [1.82, 2.24) is 15.0 Å². The predicted octanol–water partition coefficient (Wildman–Crippen LogP) is 17.1. The maximum absolute atomic E-state index is 4.58. The summed E-state index contributed by atoms with van der Waals surface area (Å²) in [7, 11) is 0. The molecule has 0 atom stereocenters.